The maximum atomic E-state index is 11.6. The molecule has 1 rings (SSSR count). The van der Waals surface area contributed by atoms with Crippen molar-refractivity contribution in [1.29, 1.82) is 0 Å². The van der Waals surface area contributed by atoms with Crippen molar-refractivity contribution < 1.29 is 22.7 Å². The van der Waals surface area contributed by atoms with Crippen molar-refractivity contribution in [1.82, 2.24) is 4.72 Å². The summed E-state index contributed by atoms with van der Waals surface area (Å²) in [5.41, 5.74) is 0. The van der Waals surface area contributed by atoms with Crippen LogP contribution >= 0.6 is 0 Å². The number of ether oxygens (including phenoxy) is 2. The van der Waals surface area contributed by atoms with E-state index in [2.05, 4.69) is 4.72 Å². The highest BCUT2D eigenvalue weighted by Crippen LogP contribution is 2.13. The standard InChI is InChI=1S/C10H19NO5S/c1-2-15-10(12)5-6-11-17(13,14)8-9-4-3-7-16-9/h9,11H,2-8H2,1H3. The van der Waals surface area contributed by atoms with E-state index in [-0.39, 0.29) is 24.8 Å². The molecule has 0 aromatic rings. The minimum absolute atomic E-state index is 0.0319. The molecular weight excluding hydrogens is 246 g/mol. The Bertz CT molecular complexity index is 335. The van der Waals surface area contributed by atoms with Crippen LogP contribution < -0.4 is 4.72 Å². The molecule has 0 amide bonds. The second kappa shape index (κ2) is 6.93. The summed E-state index contributed by atoms with van der Waals surface area (Å²) in [6.07, 6.45) is 1.52. The molecule has 1 heterocycles. The van der Waals surface area contributed by atoms with Crippen molar-refractivity contribution >= 4 is 16.0 Å². The number of esters is 1. The van der Waals surface area contributed by atoms with Crippen molar-refractivity contribution in [3.63, 3.8) is 0 Å². The topological polar surface area (TPSA) is 81.7 Å². The quantitative estimate of drug-likeness (QED) is 0.657. The van der Waals surface area contributed by atoms with Gasteiger partial charge >= 0.3 is 5.97 Å². The lowest BCUT2D eigenvalue weighted by atomic mass is 10.3. The highest BCUT2D eigenvalue weighted by Gasteiger charge is 2.23. The summed E-state index contributed by atoms with van der Waals surface area (Å²) in [6.45, 7) is 2.72. The molecule has 0 saturated carbocycles. The Morgan fingerprint density at radius 3 is 2.88 bits per heavy atom. The van der Waals surface area contributed by atoms with Gasteiger partial charge in [-0.25, -0.2) is 13.1 Å². The van der Waals surface area contributed by atoms with Crippen LogP contribution in [0.25, 0.3) is 0 Å². The summed E-state index contributed by atoms with van der Waals surface area (Å²) in [5.74, 6) is -0.428. The first-order chi connectivity index (χ1) is 8.03. The van der Waals surface area contributed by atoms with Crippen molar-refractivity contribution in [2.75, 3.05) is 25.5 Å². The molecule has 0 aromatic carbocycles. The number of carbonyl (C=O) groups is 1. The van der Waals surface area contributed by atoms with E-state index >= 15 is 0 Å². The van der Waals surface area contributed by atoms with Gasteiger partial charge in [-0.05, 0) is 19.8 Å². The van der Waals surface area contributed by atoms with E-state index in [4.69, 9.17) is 9.47 Å². The molecule has 0 spiro atoms. The molecule has 1 fully saturated rings. The van der Waals surface area contributed by atoms with E-state index in [0.717, 1.165) is 12.8 Å². The first-order valence-corrected chi connectivity index (χ1v) is 7.43. The van der Waals surface area contributed by atoms with Gasteiger partial charge in [0.05, 0.1) is 24.9 Å². The van der Waals surface area contributed by atoms with E-state index in [1.54, 1.807) is 6.92 Å². The highest BCUT2D eigenvalue weighted by atomic mass is 32.2. The Morgan fingerprint density at radius 2 is 2.29 bits per heavy atom. The maximum Gasteiger partial charge on any atom is 0.307 e. The molecule has 100 valence electrons. The maximum absolute atomic E-state index is 11.6. The second-order valence-electron chi connectivity index (χ2n) is 3.87. The van der Waals surface area contributed by atoms with Crippen LogP contribution in [0.4, 0.5) is 0 Å². The van der Waals surface area contributed by atoms with Crippen molar-refractivity contribution in [2.24, 2.45) is 0 Å². The van der Waals surface area contributed by atoms with Gasteiger partial charge in [0.2, 0.25) is 10.0 Å². The Balaban J connectivity index is 2.22. The fraction of sp³-hybridized carbons (Fsp3) is 0.900. The van der Waals surface area contributed by atoms with Crippen LogP contribution in [0.2, 0.25) is 0 Å². The summed E-state index contributed by atoms with van der Waals surface area (Å²) in [7, 11) is -3.36. The molecule has 17 heavy (non-hydrogen) atoms. The van der Waals surface area contributed by atoms with Gasteiger partial charge in [-0.2, -0.15) is 0 Å². The molecule has 1 saturated heterocycles. The third-order valence-electron chi connectivity index (χ3n) is 2.39. The summed E-state index contributed by atoms with van der Waals surface area (Å²) in [6, 6.07) is 0. The fourth-order valence-electron chi connectivity index (χ4n) is 1.62. The van der Waals surface area contributed by atoms with Gasteiger partial charge in [-0.3, -0.25) is 4.79 Å². The number of hydrogen-bond acceptors (Lipinski definition) is 5. The lowest BCUT2D eigenvalue weighted by molar-refractivity contribution is -0.142. The fourth-order valence-corrected chi connectivity index (χ4v) is 2.90. The van der Waals surface area contributed by atoms with Crippen molar-refractivity contribution in [3.8, 4) is 0 Å². The van der Waals surface area contributed by atoms with Gasteiger partial charge in [-0.1, -0.05) is 0 Å². The number of rotatable bonds is 7. The lowest BCUT2D eigenvalue weighted by Crippen LogP contribution is -2.33. The molecule has 1 unspecified atom stereocenters. The summed E-state index contributed by atoms with van der Waals surface area (Å²) >= 11 is 0. The van der Waals surface area contributed by atoms with Crippen LogP contribution in [0.3, 0.4) is 0 Å². The molecule has 0 bridgehead atoms. The Labute approximate surface area is 102 Å². The molecule has 1 aliphatic rings. The van der Waals surface area contributed by atoms with E-state index in [1.807, 2.05) is 0 Å². The predicted molar refractivity (Wildman–Crippen MR) is 62.0 cm³/mol. The van der Waals surface area contributed by atoms with Crippen LogP contribution in [0.1, 0.15) is 26.2 Å². The average molecular weight is 265 g/mol. The zero-order valence-electron chi connectivity index (χ0n) is 9.98. The van der Waals surface area contributed by atoms with Gasteiger partial charge in [0.25, 0.3) is 0 Å². The number of hydrogen-bond donors (Lipinski definition) is 1. The van der Waals surface area contributed by atoms with E-state index in [1.165, 1.54) is 0 Å². The molecule has 1 atom stereocenters. The molecule has 0 aliphatic carbocycles. The van der Waals surface area contributed by atoms with Crippen molar-refractivity contribution in [2.45, 2.75) is 32.3 Å². The zero-order valence-corrected chi connectivity index (χ0v) is 10.8. The van der Waals surface area contributed by atoms with E-state index < -0.39 is 16.0 Å². The van der Waals surface area contributed by atoms with Crippen molar-refractivity contribution in [3.05, 3.63) is 0 Å². The van der Waals surface area contributed by atoms with Gasteiger partial charge < -0.3 is 9.47 Å². The average Bonchev–Trinajstić information content (AvgIpc) is 2.69. The first kappa shape index (κ1) is 14.4. The lowest BCUT2D eigenvalue weighted by Gasteiger charge is -2.10. The molecule has 1 N–H and O–H groups in total. The monoisotopic (exact) mass is 265 g/mol. The smallest absolute Gasteiger partial charge is 0.307 e. The molecule has 0 radical (unpaired) electrons. The van der Waals surface area contributed by atoms with E-state index in [0.29, 0.717) is 13.2 Å². The predicted octanol–water partition coefficient (Wildman–Crippen LogP) is 0.0380. The van der Waals surface area contributed by atoms with Gasteiger partial charge in [-0.15, -0.1) is 0 Å². The number of sulfonamides is 1. The largest absolute Gasteiger partial charge is 0.466 e. The summed E-state index contributed by atoms with van der Waals surface area (Å²) < 4.78 is 35.5. The zero-order chi connectivity index (χ0) is 12.7. The Hall–Kier alpha value is -0.660. The molecule has 1 aliphatic heterocycles. The second-order valence-corrected chi connectivity index (χ2v) is 5.72. The van der Waals surface area contributed by atoms with Gasteiger partial charge in [0.1, 0.15) is 0 Å². The summed E-state index contributed by atoms with van der Waals surface area (Å²) in [4.78, 5) is 11.0. The normalized spacial score (nSPS) is 20.4. The molecular formula is C10H19NO5S. The third-order valence-corrected chi connectivity index (χ3v) is 3.84. The molecule has 7 heteroatoms. The number of carbonyl (C=O) groups excluding carboxylic acids is 1. The van der Waals surface area contributed by atoms with Crippen LogP contribution in [0.5, 0.6) is 0 Å². The number of nitrogens with one attached hydrogen (secondary N) is 1. The minimum Gasteiger partial charge on any atom is -0.466 e. The first-order valence-electron chi connectivity index (χ1n) is 5.78. The Kier molecular flexibility index (Phi) is 5.87. The molecule has 6 nitrogen and oxygen atoms in total. The van der Waals surface area contributed by atoms with Crippen LogP contribution in [-0.2, 0) is 24.3 Å². The van der Waals surface area contributed by atoms with Crippen LogP contribution in [-0.4, -0.2) is 46.0 Å². The van der Waals surface area contributed by atoms with E-state index in [9.17, 15) is 13.2 Å². The minimum atomic E-state index is -3.36. The van der Waals surface area contributed by atoms with Gasteiger partial charge in [0.15, 0.2) is 0 Å². The highest BCUT2D eigenvalue weighted by molar-refractivity contribution is 7.89. The Morgan fingerprint density at radius 1 is 1.53 bits per heavy atom. The van der Waals surface area contributed by atoms with Crippen LogP contribution in [0, 0.1) is 0 Å². The SMILES string of the molecule is CCOC(=O)CCNS(=O)(=O)CC1CCCO1. The van der Waals surface area contributed by atoms with Gasteiger partial charge in [0, 0.05) is 13.2 Å². The summed E-state index contributed by atoms with van der Waals surface area (Å²) in [5, 5.41) is 0. The van der Waals surface area contributed by atoms with Crippen LogP contribution in [0.15, 0.2) is 0 Å². The third kappa shape index (κ3) is 5.99. The molecule has 0 aromatic heterocycles.